The Kier molecular flexibility index (Phi) is 4.40. The van der Waals surface area contributed by atoms with Crippen LogP contribution >= 0.6 is 11.8 Å². The highest BCUT2D eigenvalue weighted by Gasteiger charge is 2.30. The van der Waals surface area contributed by atoms with Gasteiger partial charge in [0.15, 0.2) is 0 Å². The van der Waals surface area contributed by atoms with Gasteiger partial charge in [0.2, 0.25) is 5.78 Å². The maximum Gasteiger partial charge on any atom is 0.201 e. The molecule has 2 nitrogen and oxygen atoms in total. The van der Waals surface area contributed by atoms with E-state index in [0.29, 0.717) is 5.56 Å². The quantitative estimate of drug-likeness (QED) is 0.654. The summed E-state index contributed by atoms with van der Waals surface area (Å²) in [5.74, 6) is 0.0652. The van der Waals surface area contributed by atoms with Gasteiger partial charge in [-0.15, -0.1) is 0 Å². The van der Waals surface area contributed by atoms with Crippen LogP contribution in [-0.4, -0.2) is 5.78 Å². The lowest BCUT2D eigenvalue weighted by molar-refractivity contribution is 0.104. The Labute approximate surface area is 151 Å². The summed E-state index contributed by atoms with van der Waals surface area (Å²) in [4.78, 5) is 13.9. The number of hydrogen-bond acceptors (Lipinski definition) is 3. The molecule has 1 N–H and O–H groups in total. The van der Waals surface area contributed by atoms with Crippen molar-refractivity contribution in [2.24, 2.45) is 0 Å². The number of Topliss-reactive ketones (excluding diaryl/α,β-unsaturated/α-hetero) is 1. The second-order valence-corrected chi connectivity index (χ2v) is 6.93. The molecule has 0 aliphatic carbocycles. The van der Waals surface area contributed by atoms with E-state index in [0.717, 1.165) is 21.7 Å². The summed E-state index contributed by atoms with van der Waals surface area (Å²) in [6.07, 6.45) is 0. The van der Waals surface area contributed by atoms with Crippen LogP contribution in [0.15, 0.2) is 95.9 Å². The molecule has 1 unspecified atom stereocenters. The van der Waals surface area contributed by atoms with Crippen LogP contribution in [0.5, 0.6) is 0 Å². The van der Waals surface area contributed by atoms with Gasteiger partial charge >= 0.3 is 0 Å². The lowest BCUT2D eigenvalue weighted by Crippen LogP contribution is -2.12. The van der Waals surface area contributed by atoms with Crippen molar-refractivity contribution in [2.45, 2.75) is 5.37 Å². The second-order valence-electron chi connectivity index (χ2n) is 5.82. The van der Waals surface area contributed by atoms with Crippen LogP contribution in [-0.2, 0) is 0 Å². The molecule has 122 valence electrons. The number of nitrogens with one attached hydrogen (secondary N) is 1. The number of carbonyl (C=O) groups excluding carboxylic acids is 1. The molecule has 0 saturated carbocycles. The van der Waals surface area contributed by atoms with Crippen molar-refractivity contribution in [1.29, 1.82) is 0 Å². The standard InChI is InChI=1S/C22H17NOS/c24-20(17-12-6-2-7-13-17)21-19(16-10-4-1-5-11-16)23-22(25-21)18-14-8-3-9-15-18/h1-15,22-23H. The van der Waals surface area contributed by atoms with Crippen LogP contribution in [0, 0.1) is 0 Å². The van der Waals surface area contributed by atoms with Crippen LogP contribution < -0.4 is 5.32 Å². The number of ketones is 1. The summed E-state index contributed by atoms with van der Waals surface area (Å²) in [6.45, 7) is 0. The number of carbonyl (C=O) groups is 1. The Hall–Kier alpha value is -2.78. The van der Waals surface area contributed by atoms with Crippen LogP contribution in [0.3, 0.4) is 0 Å². The van der Waals surface area contributed by atoms with Gasteiger partial charge in [0.05, 0.1) is 10.6 Å². The molecule has 0 spiro atoms. The average Bonchev–Trinajstić information content (AvgIpc) is 3.15. The first-order valence-corrected chi connectivity index (χ1v) is 9.08. The molecule has 1 heterocycles. The first-order chi connectivity index (χ1) is 12.3. The van der Waals surface area contributed by atoms with E-state index in [-0.39, 0.29) is 11.2 Å². The van der Waals surface area contributed by atoms with Crippen LogP contribution in [0.25, 0.3) is 5.70 Å². The third kappa shape index (κ3) is 3.24. The number of hydrogen-bond donors (Lipinski definition) is 1. The summed E-state index contributed by atoms with van der Waals surface area (Å²) >= 11 is 1.59. The molecular formula is C22H17NOS. The first-order valence-electron chi connectivity index (χ1n) is 8.20. The predicted molar refractivity (Wildman–Crippen MR) is 104 cm³/mol. The van der Waals surface area contributed by atoms with Crippen LogP contribution in [0.1, 0.15) is 26.9 Å². The molecule has 1 atom stereocenters. The number of rotatable bonds is 4. The fourth-order valence-electron chi connectivity index (χ4n) is 2.89. The lowest BCUT2D eigenvalue weighted by atomic mass is 10.1. The molecule has 3 aromatic rings. The van der Waals surface area contributed by atoms with E-state index in [2.05, 4.69) is 17.4 Å². The number of allylic oxidation sites excluding steroid dienone is 1. The monoisotopic (exact) mass is 343 g/mol. The Bertz CT molecular complexity index is 905. The Balaban J connectivity index is 1.74. The zero-order valence-electron chi connectivity index (χ0n) is 13.6. The van der Waals surface area contributed by atoms with Gasteiger partial charge in [-0.2, -0.15) is 0 Å². The Morgan fingerprint density at radius 2 is 1.32 bits per heavy atom. The minimum absolute atomic E-state index is 0.0408. The van der Waals surface area contributed by atoms with Gasteiger partial charge in [-0.05, 0) is 11.1 Å². The van der Waals surface area contributed by atoms with Crippen molar-refractivity contribution in [3.05, 3.63) is 113 Å². The third-order valence-corrected chi connectivity index (χ3v) is 5.40. The van der Waals surface area contributed by atoms with Gasteiger partial charge in [0.1, 0.15) is 5.37 Å². The van der Waals surface area contributed by atoms with Crippen molar-refractivity contribution in [1.82, 2.24) is 5.32 Å². The zero-order chi connectivity index (χ0) is 17.1. The molecular weight excluding hydrogens is 326 g/mol. The Morgan fingerprint density at radius 3 is 1.96 bits per heavy atom. The zero-order valence-corrected chi connectivity index (χ0v) is 14.4. The fraction of sp³-hybridized carbons (Fsp3) is 0.0455. The van der Waals surface area contributed by atoms with E-state index in [1.807, 2.05) is 78.9 Å². The summed E-state index contributed by atoms with van der Waals surface area (Å²) in [5.41, 5.74) is 3.83. The van der Waals surface area contributed by atoms with E-state index in [4.69, 9.17) is 0 Å². The Morgan fingerprint density at radius 1 is 0.760 bits per heavy atom. The van der Waals surface area contributed by atoms with E-state index < -0.39 is 0 Å². The minimum atomic E-state index is 0.0408. The predicted octanol–water partition coefficient (Wildman–Crippen LogP) is 5.27. The van der Waals surface area contributed by atoms with Crippen LogP contribution in [0.4, 0.5) is 0 Å². The summed E-state index contributed by atoms with van der Waals surface area (Å²) in [5, 5.41) is 3.59. The molecule has 25 heavy (non-hydrogen) atoms. The lowest BCUT2D eigenvalue weighted by Gasteiger charge is -2.12. The van der Waals surface area contributed by atoms with Crippen molar-refractivity contribution in [3.8, 4) is 0 Å². The van der Waals surface area contributed by atoms with Crippen molar-refractivity contribution < 1.29 is 4.79 Å². The SMILES string of the molecule is O=C(C1=C(c2ccccc2)NC(c2ccccc2)S1)c1ccccc1. The number of thioether (sulfide) groups is 1. The highest BCUT2D eigenvalue weighted by Crippen LogP contribution is 2.44. The van der Waals surface area contributed by atoms with E-state index in [1.54, 1.807) is 11.8 Å². The van der Waals surface area contributed by atoms with Gasteiger partial charge in [-0.25, -0.2) is 0 Å². The first kappa shape index (κ1) is 15.7. The smallest absolute Gasteiger partial charge is 0.201 e. The van der Waals surface area contributed by atoms with E-state index in [9.17, 15) is 4.79 Å². The van der Waals surface area contributed by atoms with Gasteiger partial charge in [0.25, 0.3) is 0 Å². The molecule has 3 heteroatoms. The molecule has 1 aliphatic heterocycles. The second kappa shape index (κ2) is 6.99. The maximum absolute atomic E-state index is 13.1. The van der Waals surface area contributed by atoms with Gasteiger partial charge in [0, 0.05) is 5.56 Å². The van der Waals surface area contributed by atoms with Crippen molar-refractivity contribution >= 4 is 23.2 Å². The topological polar surface area (TPSA) is 29.1 Å². The van der Waals surface area contributed by atoms with Crippen molar-refractivity contribution in [2.75, 3.05) is 0 Å². The fourth-order valence-corrected chi connectivity index (χ4v) is 4.11. The molecule has 0 bridgehead atoms. The molecule has 0 saturated heterocycles. The average molecular weight is 343 g/mol. The largest absolute Gasteiger partial charge is 0.368 e. The number of benzene rings is 3. The van der Waals surface area contributed by atoms with E-state index in [1.165, 1.54) is 0 Å². The normalized spacial score (nSPS) is 16.6. The van der Waals surface area contributed by atoms with Gasteiger partial charge < -0.3 is 5.32 Å². The van der Waals surface area contributed by atoms with Gasteiger partial charge in [-0.1, -0.05) is 103 Å². The molecule has 0 fully saturated rings. The summed E-state index contributed by atoms with van der Waals surface area (Å²) in [7, 11) is 0. The minimum Gasteiger partial charge on any atom is -0.368 e. The summed E-state index contributed by atoms with van der Waals surface area (Å²) < 4.78 is 0. The van der Waals surface area contributed by atoms with E-state index >= 15 is 0 Å². The molecule has 0 aromatic heterocycles. The molecule has 3 aromatic carbocycles. The van der Waals surface area contributed by atoms with Crippen molar-refractivity contribution in [3.63, 3.8) is 0 Å². The third-order valence-electron chi connectivity index (χ3n) is 4.15. The molecule has 4 rings (SSSR count). The summed E-state index contributed by atoms with van der Waals surface area (Å²) in [6, 6.07) is 29.7. The van der Waals surface area contributed by atoms with Gasteiger partial charge in [-0.3, -0.25) is 4.79 Å². The highest BCUT2D eigenvalue weighted by atomic mass is 32.2. The molecule has 0 amide bonds. The molecule has 0 radical (unpaired) electrons. The molecule has 1 aliphatic rings. The highest BCUT2D eigenvalue weighted by molar-refractivity contribution is 8.04. The van der Waals surface area contributed by atoms with Crippen LogP contribution in [0.2, 0.25) is 0 Å². The maximum atomic E-state index is 13.1.